The van der Waals surface area contributed by atoms with E-state index in [0.717, 1.165) is 12.1 Å². The predicted octanol–water partition coefficient (Wildman–Crippen LogP) is 6.54. The monoisotopic (exact) mass is 446 g/mol. The van der Waals surface area contributed by atoms with Crippen molar-refractivity contribution in [1.29, 1.82) is 0 Å². The summed E-state index contributed by atoms with van der Waals surface area (Å²) in [5.41, 5.74) is -4.20. The minimum atomic E-state index is -4.77. The number of benzene rings is 1. The second-order valence-corrected chi connectivity index (χ2v) is 13.0. The topological polar surface area (TPSA) is 46.5 Å². The quantitative estimate of drug-likeness (QED) is 0.252. The van der Waals surface area contributed by atoms with Crippen LogP contribution in [0.5, 0.6) is 0 Å². The van der Waals surface area contributed by atoms with E-state index in [-0.39, 0.29) is 11.1 Å². The summed E-state index contributed by atoms with van der Waals surface area (Å²) in [7, 11) is -2.74. The van der Waals surface area contributed by atoms with E-state index in [0.29, 0.717) is 18.1 Å². The minimum Gasteiger partial charge on any atom is -0.478 e. The summed E-state index contributed by atoms with van der Waals surface area (Å²) in [5.74, 6) is -0.0530. The van der Waals surface area contributed by atoms with Gasteiger partial charge in [0.2, 0.25) is 0 Å². The molecule has 1 atom stereocenters. The van der Waals surface area contributed by atoms with E-state index in [9.17, 15) is 27.5 Å². The molecule has 0 radical (unpaired) electrons. The molecule has 1 aromatic carbocycles. The fourth-order valence-electron chi connectivity index (χ4n) is 4.03. The third-order valence-corrected chi connectivity index (χ3v) is 10.6. The van der Waals surface area contributed by atoms with Crippen LogP contribution < -0.4 is 0 Å². The van der Waals surface area contributed by atoms with Crippen LogP contribution in [0, 0.1) is 18.2 Å². The second kappa shape index (κ2) is 9.52. The van der Waals surface area contributed by atoms with Crippen molar-refractivity contribution in [1.82, 2.24) is 0 Å². The minimum absolute atomic E-state index is 0.0995. The highest BCUT2D eigenvalue weighted by Gasteiger charge is 2.60. The molecule has 0 amide bonds. The smallest absolute Gasteiger partial charge is 0.417 e. The van der Waals surface area contributed by atoms with Crippen molar-refractivity contribution in [2.24, 2.45) is 0 Å². The highest BCUT2D eigenvalue weighted by Crippen LogP contribution is 2.48. The SMILES string of the molecule is C#CCC(CC(C)(C)c1ccc(F)cc1C(=O)O)(O[Si](CC)(CC)CC)C(F)(F)F. The van der Waals surface area contributed by atoms with Gasteiger partial charge in [-0.05, 0) is 47.7 Å². The van der Waals surface area contributed by atoms with Crippen molar-refractivity contribution >= 4 is 14.3 Å². The molecule has 0 heterocycles. The highest BCUT2D eigenvalue weighted by atomic mass is 28.4. The Morgan fingerprint density at radius 3 is 2.10 bits per heavy atom. The summed E-state index contributed by atoms with van der Waals surface area (Å²) >= 11 is 0. The van der Waals surface area contributed by atoms with Gasteiger partial charge in [0.25, 0.3) is 0 Å². The van der Waals surface area contributed by atoms with Gasteiger partial charge in [-0.3, -0.25) is 0 Å². The Labute approximate surface area is 177 Å². The first-order chi connectivity index (χ1) is 13.7. The fourth-order valence-corrected chi connectivity index (χ4v) is 7.05. The van der Waals surface area contributed by atoms with E-state index in [1.54, 1.807) is 0 Å². The molecule has 168 valence electrons. The number of carboxylic acid groups (broad SMARTS) is 1. The molecule has 30 heavy (non-hydrogen) atoms. The molecule has 0 fully saturated rings. The van der Waals surface area contributed by atoms with Crippen LogP contribution in [0.4, 0.5) is 17.6 Å². The summed E-state index contributed by atoms with van der Waals surface area (Å²) in [5, 5.41) is 9.47. The van der Waals surface area contributed by atoms with Crippen molar-refractivity contribution in [2.45, 2.75) is 82.8 Å². The number of hydrogen-bond donors (Lipinski definition) is 1. The van der Waals surface area contributed by atoms with Gasteiger partial charge in [0.15, 0.2) is 13.9 Å². The predicted molar refractivity (Wildman–Crippen MR) is 112 cm³/mol. The number of carbonyl (C=O) groups is 1. The molecule has 0 bridgehead atoms. The molecule has 1 aromatic rings. The zero-order valence-electron chi connectivity index (χ0n) is 18.1. The Kier molecular flexibility index (Phi) is 8.31. The van der Waals surface area contributed by atoms with Crippen LogP contribution in [0.2, 0.25) is 18.1 Å². The molecule has 8 heteroatoms. The molecule has 0 aliphatic rings. The lowest BCUT2D eigenvalue weighted by molar-refractivity contribution is -0.257. The maximum absolute atomic E-state index is 14.5. The summed E-state index contributed by atoms with van der Waals surface area (Å²) in [6, 6.07) is 4.59. The van der Waals surface area contributed by atoms with E-state index >= 15 is 0 Å². The van der Waals surface area contributed by atoms with E-state index in [1.165, 1.54) is 19.9 Å². The van der Waals surface area contributed by atoms with Gasteiger partial charge >= 0.3 is 12.1 Å². The molecule has 0 aliphatic carbocycles. The van der Waals surface area contributed by atoms with Gasteiger partial charge < -0.3 is 9.53 Å². The van der Waals surface area contributed by atoms with E-state index in [2.05, 4.69) is 5.92 Å². The summed E-state index contributed by atoms with van der Waals surface area (Å²) in [4.78, 5) is 11.6. The van der Waals surface area contributed by atoms with Crippen molar-refractivity contribution < 1.29 is 31.9 Å². The van der Waals surface area contributed by atoms with Gasteiger partial charge in [-0.25, -0.2) is 9.18 Å². The van der Waals surface area contributed by atoms with Crippen LogP contribution in [0.1, 0.15) is 63.4 Å². The molecule has 0 saturated heterocycles. The largest absolute Gasteiger partial charge is 0.478 e. The number of alkyl halides is 3. The number of carboxylic acids is 1. The lowest BCUT2D eigenvalue weighted by atomic mass is 9.72. The molecule has 0 aliphatic heterocycles. The molecule has 1 unspecified atom stereocenters. The zero-order valence-corrected chi connectivity index (χ0v) is 19.1. The van der Waals surface area contributed by atoms with Gasteiger partial charge in [-0.15, -0.1) is 12.3 Å². The van der Waals surface area contributed by atoms with Crippen LogP contribution in [0.25, 0.3) is 0 Å². The Bertz CT molecular complexity index is 786. The maximum atomic E-state index is 14.5. The molecule has 3 nitrogen and oxygen atoms in total. The zero-order chi connectivity index (χ0) is 23.4. The highest BCUT2D eigenvalue weighted by molar-refractivity contribution is 6.73. The third-order valence-electron chi connectivity index (χ3n) is 5.92. The van der Waals surface area contributed by atoms with E-state index in [4.69, 9.17) is 10.8 Å². The molecule has 0 spiro atoms. The van der Waals surface area contributed by atoms with Crippen LogP contribution >= 0.6 is 0 Å². The molecule has 0 saturated carbocycles. The summed E-state index contributed by atoms with van der Waals surface area (Å²) in [6.07, 6.45) is -0.672. The van der Waals surface area contributed by atoms with Crippen molar-refractivity contribution in [3.63, 3.8) is 0 Å². The van der Waals surface area contributed by atoms with Crippen LogP contribution in [0.15, 0.2) is 18.2 Å². The van der Waals surface area contributed by atoms with Gasteiger partial charge in [0, 0.05) is 6.42 Å². The van der Waals surface area contributed by atoms with Crippen molar-refractivity contribution in [3.05, 3.63) is 35.1 Å². The molecule has 0 aromatic heterocycles. The lowest BCUT2D eigenvalue weighted by Gasteiger charge is -2.46. The normalized spacial score (nSPS) is 14.8. The number of aromatic carboxylic acids is 1. The molecule has 1 rings (SSSR count). The standard InChI is InChI=1S/C22H30F4O3Si/c1-7-13-21(22(24,25)26,29-30(8-2,9-3)10-4)15-20(5,6)18-12-11-16(23)14-17(18)19(27)28/h1,11-12,14H,8-10,13,15H2,2-6H3,(H,27,28). The Morgan fingerprint density at radius 2 is 1.70 bits per heavy atom. The van der Waals surface area contributed by atoms with Crippen LogP contribution in [0.3, 0.4) is 0 Å². The number of halogens is 4. The van der Waals surface area contributed by atoms with Gasteiger partial charge in [0.1, 0.15) is 5.82 Å². The molecule has 1 N–H and O–H groups in total. The molecular formula is C22H30F4O3Si. The van der Waals surface area contributed by atoms with Crippen molar-refractivity contribution in [2.75, 3.05) is 0 Å². The van der Waals surface area contributed by atoms with E-state index < -0.39 is 50.1 Å². The fraction of sp³-hybridized carbons (Fsp3) is 0.591. The summed E-state index contributed by atoms with van der Waals surface area (Å²) in [6.45, 7) is 8.47. The third kappa shape index (κ3) is 5.44. The average Bonchev–Trinajstić information content (AvgIpc) is 2.64. The number of hydrogen-bond acceptors (Lipinski definition) is 2. The number of rotatable bonds is 10. The van der Waals surface area contributed by atoms with Crippen LogP contribution in [-0.4, -0.2) is 31.2 Å². The van der Waals surface area contributed by atoms with Crippen LogP contribution in [-0.2, 0) is 9.84 Å². The Morgan fingerprint density at radius 1 is 1.17 bits per heavy atom. The average molecular weight is 447 g/mol. The first-order valence-corrected chi connectivity index (χ1v) is 12.5. The van der Waals surface area contributed by atoms with Gasteiger partial charge in [-0.2, -0.15) is 13.2 Å². The Balaban J connectivity index is 3.64. The van der Waals surface area contributed by atoms with Gasteiger partial charge in [0.05, 0.1) is 5.56 Å². The number of terminal acetylenes is 1. The second-order valence-electron chi connectivity index (χ2n) is 8.27. The van der Waals surface area contributed by atoms with Crippen molar-refractivity contribution in [3.8, 4) is 12.3 Å². The first-order valence-electron chi connectivity index (χ1n) is 9.96. The Hall–Kier alpha value is -1.85. The maximum Gasteiger partial charge on any atom is 0.417 e. The summed E-state index contributed by atoms with van der Waals surface area (Å²) < 4.78 is 63.1. The van der Waals surface area contributed by atoms with E-state index in [1.807, 2.05) is 20.8 Å². The van der Waals surface area contributed by atoms with Gasteiger partial charge in [-0.1, -0.05) is 40.7 Å². The first kappa shape index (κ1) is 26.2. The molecular weight excluding hydrogens is 416 g/mol. The lowest BCUT2D eigenvalue weighted by Crippen LogP contribution is -2.57.